The van der Waals surface area contributed by atoms with Crippen LogP contribution in [-0.4, -0.2) is 0 Å². The zero-order valence-electron chi connectivity index (χ0n) is 14.5. The first-order chi connectivity index (χ1) is 10.9. The van der Waals surface area contributed by atoms with Crippen molar-refractivity contribution in [2.24, 2.45) is 47.3 Å². The largest absolute Gasteiger partial charge is 0.0530 e. The van der Waals surface area contributed by atoms with Gasteiger partial charge in [0.05, 0.1) is 0 Å². The second-order valence-corrected chi connectivity index (χ2v) is 9.89. The first-order valence-electron chi connectivity index (χ1n) is 10.9. The van der Waals surface area contributed by atoms with Crippen molar-refractivity contribution in [3.63, 3.8) is 0 Å². The Kier molecular flexibility index (Phi) is 3.79. The van der Waals surface area contributed by atoms with Gasteiger partial charge in [-0.3, -0.25) is 0 Å². The highest BCUT2D eigenvalue weighted by Crippen LogP contribution is 2.58. The Bertz CT molecular complexity index is 361. The molecule has 8 atom stereocenters. The van der Waals surface area contributed by atoms with E-state index in [0.29, 0.717) is 0 Å². The molecule has 0 amide bonds. The SMILES string of the molecule is C1CCC2C(C1)CC1CCC3C(CCC12)CC1CCCCC13. The molecule has 8 unspecified atom stereocenters. The number of hydrogen-bond acceptors (Lipinski definition) is 0. The van der Waals surface area contributed by atoms with Crippen LogP contribution < -0.4 is 0 Å². The van der Waals surface area contributed by atoms with Crippen molar-refractivity contribution in [3.05, 3.63) is 0 Å². The molecule has 0 heterocycles. The minimum Gasteiger partial charge on any atom is -0.0530 e. The van der Waals surface area contributed by atoms with Crippen LogP contribution in [0.4, 0.5) is 0 Å². The Labute approximate surface area is 137 Å². The van der Waals surface area contributed by atoms with Crippen LogP contribution in [0.2, 0.25) is 0 Å². The zero-order valence-corrected chi connectivity index (χ0v) is 14.5. The second kappa shape index (κ2) is 5.82. The van der Waals surface area contributed by atoms with E-state index < -0.39 is 0 Å². The van der Waals surface area contributed by atoms with Crippen molar-refractivity contribution in [1.29, 1.82) is 0 Å². The van der Waals surface area contributed by atoms with Crippen LogP contribution in [0.25, 0.3) is 0 Å². The monoisotopic (exact) mass is 300 g/mol. The normalized spacial score (nSPS) is 54.5. The van der Waals surface area contributed by atoms with Crippen LogP contribution in [0.3, 0.4) is 0 Å². The fourth-order valence-corrected chi connectivity index (χ4v) is 8.39. The Morgan fingerprint density at radius 2 is 0.682 bits per heavy atom. The lowest BCUT2D eigenvalue weighted by atomic mass is 9.70. The molecule has 0 saturated heterocycles. The van der Waals surface area contributed by atoms with Gasteiger partial charge in [-0.2, -0.15) is 0 Å². The van der Waals surface area contributed by atoms with E-state index in [4.69, 9.17) is 0 Å². The van der Waals surface area contributed by atoms with Crippen LogP contribution in [0.5, 0.6) is 0 Å². The lowest BCUT2D eigenvalue weighted by molar-refractivity contribution is 0.144. The highest BCUT2D eigenvalue weighted by atomic mass is 14.5. The molecule has 0 N–H and O–H groups in total. The molecular formula is C22H36. The second-order valence-electron chi connectivity index (χ2n) is 9.89. The van der Waals surface area contributed by atoms with Crippen molar-refractivity contribution in [2.45, 2.75) is 89.9 Å². The molecule has 0 aromatic carbocycles. The molecule has 5 aliphatic carbocycles. The number of hydrogen-bond donors (Lipinski definition) is 0. The average Bonchev–Trinajstić information content (AvgIpc) is 3.06. The summed E-state index contributed by atoms with van der Waals surface area (Å²) in [6.07, 6.45) is 22.4. The summed E-state index contributed by atoms with van der Waals surface area (Å²) in [5.74, 6) is 9.27. The topological polar surface area (TPSA) is 0 Å². The molecule has 0 spiro atoms. The average molecular weight is 301 g/mol. The predicted octanol–water partition coefficient (Wildman–Crippen LogP) is 6.45. The van der Waals surface area contributed by atoms with Gasteiger partial charge in [0.15, 0.2) is 0 Å². The third-order valence-corrected chi connectivity index (χ3v) is 9.20. The van der Waals surface area contributed by atoms with E-state index in [-0.39, 0.29) is 0 Å². The van der Waals surface area contributed by atoms with Crippen LogP contribution in [-0.2, 0) is 0 Å². The summed E-state index contributed by atoms with van der Waals surface area (Å²) in [5.41, 5.74) is 0. The molecule has 0 aromatic rings. The molecule has 0 nitrogen and oxygen atoms in total. The van der Waals surface area contributed by atoms with Crippen molar-refractivity contribution >= 4 is 0 Å². The molecular weight excluding hydrogens is 264 g/mol. The summed E-state index contributed by atoms with van der Waals surface area (Å²) < 4.78 is 0. The standard InChI is InChI=1S/C22H36/c1-3-7-19-15(5-1)13-17-9-12-22-18(10-11-21(17)19)14-16-6-2-4-8-20(16)22/h15-22H,1-14H2. The van der Waals surface area contributed by atoms with E-state index in [1.165, 1.54) is 11.8 Å². The smallest absolute Gasteiger partial charge is 0.0355 e. The van der Waals surface area contributed by atoms with Crippen molar-refractivity contribution in [3.8, 4) is 0 Å². The van der Waals surface area contributed by atoms with Crippen molar-refractivity contribution < 1.29 is 0 Å². The van der Waals surface area contributed by atoms with Gasteiger partial charge in [-0.1, -0.05) is 38.5 Å². The van der Waals surface area contributed by atoms with Crippen LogP contribution in [0, 0.1) is 47.3 Å². The van der Waals surface area contributed by atoms with Gasteiger partial charge in [-0.15, -0.1) is 0 Å². The maximum absolute atomic E-state index is 1.64. The Morgan fingerprint density at radius 3 is 1.18 bits per heavy atom. The minimum atomic E-state index is 1.15. The van der Waals surface area contributed by atoms with Gasteiger partial charge < -0.3 is 0 Å². The fraction of sp³-hybridized carbons (Fsp3) is 1.00. The van der Waals surface area contributed by atoms with Gasteiger partial charge in [0.25, 0.3) is 0 Å². The van der Waals surface area contributed by atoms with E-state index in [1.807, 2.05) is 0 Å². The molecule has 5 rings (SSSR count). The quantitative estimate of drug-likeness (QED) is 0.482. The molecule has 0 radical (unpaired) electrons. The van der Waals surface area contributed by atoms with Gasteiger partial charge in [-0.05, 0) is 98.7 Å². The summed E-state index contributed by atoms with van der Waals surface area (Å²) in [7, 11) is 0. The third kappa shape index (κ3) is 2.30. The minimum absolute atomic E-state index is 1.15. The number of rotatable bonds is 0. The van der Waals surface area contributed by atoms with E-state index in [2.05, 4.69) is 0 Å². The number of fused-ring (bicyclic) bond motifs is 6. The summed E-state index contributed by atoms with van der Waals surface area (Å²) >= 11 is 0. The van der Waals surface area contributed by atoms with Gasteiger partial charge in [0, 0.05) is 0 Å². The fourth-order valence-electron chi connectivity index (χ4n) is 8.39. The molecule has 5 saturated carbocycles. The van der Waals surface area contributed by atoms with E-state index in [0.717, 1.165) is 35.5 Å². The highest BCUT2D eigenvalue weighted by Gasteiger charge is 2.48. The van der Waals surface area contributed by atoms with Crippen LogP contribution in [0.1, 0.15) is 89.9 Å². The first kappa shape index (κ1) is 14.4. The predicted molar refractivity (Wildman–Crippen MR) is 92.6 cm³/mol. The van der Waals surface area contributed by atoms with Crippen molar-refractivity contribution in [1.82, 2.24) is 0 Å². The Hall–Kier alpha value is 0. The summed E-state index contributed by atoms with van der Waals surface area (Å²) in [5, 5.41) is 0. The summed E-state index contributed by atoms with van der Waals surface area (Å²) in [6.45, 7) is 0. The molecule has 124 valence electrons. The van der Waals surface area contributed by atoms with Gasteiger partial charge in [-0.25, -0.2) is 0 Å². The maximum atomic E-state index is 1.64. The van der Waals surface area contributed by atoms with E-state index in [1.54, 1.807) is 89.9 Å². The van der Waals surface area contributed by atoms with Crippen LogP contribution in [0.15, 0.2) is 0 Å². The molecule has 5 aliphatic rings. The highest BCUT2D eigenvalue weighted by molar-refractivity contribution is 4.98. The lowest BCUT2D eigenvalue weighted by Gasteiger charge is -2.36. The molecule has 0 heteroatoms. The van der Waals surface area contributed by atoms with E-state index >= 15 is 0 Å². The van der Waals surface area contributed by atoms with Crippen LogP contribution >= 0.6 is 0 Å². The van der Waals surface area contributed by atoms with Gasteiger partial charge in [0.1, 0.15) is 0 Å². The van der Waals surface area contributed by atoms with Gasteiger partial charge in [0.2, 0.25) is 0 Å². The third-order valence-electron chi connectivity index (χ3n) is 9.20. The first-order valence-corrected chi connectivity index (χ1v) is 10.9. The van der Waals surface area contributed by atoms with Gasteiger partial charge >= 0.3 is 0 Å². The zero-order chi connectivity index (χ0) is 14.5. The summed E-state index contributed by atoms with van der Waals surface area (Å²) in [6, 6.07) is 0. The molecule has 0 bridgehead atoms. The Balaban J connectivity index is 1.32. The molecule has 0 aromatic heterocycles. The Morgan fingerprint density at radius 1 is 0.318 bits per heavy atom. The van der Waals surface area contributed by atoms with E-state index in [9.17, 15) is 0 Å². The molecule has 5 fully saturated rings. The molecule has 22 heavy (non-hydrogen) atoms. The van der Waals surface area contributed by atoms with Crippen molar-refractivity contribution in [2.75, 3.05) is 0 Å². The summed E-state index contributed by atoms with van der Waals surface area (Å²) in [4.78, 5) is 0. The molecule has 0 aliphatic heterocycles. The lowest BCUT2D eigenvalue weighted by Crippen LogP contribution is -2.26. The maximum Gasteiger partial charge on any atom is -0.0355 e.